The van der Waals surface area contributed by atoms with E-state index in [1.807, 2.05) is 12.1 Å². The number of para-hydroxylation sites is 4. The Kier molecular flexibility index (Phi) is 4.45. The maximum Gasteiger partial charge on any atom is 0.152 e. The molecule has 0 aliphatic carbocycles. The number of hydrogen-bond donors (Lipinski definition) is 0. The van der Waals surface area contributed by atoms with Crippen LogP contribution in [0.4, 0.5) is 0 Å². The van der Waals surface area contributed by atoms with E-state index in [9.17, 15) is 0 Å². The molecule has 2 aromatic heterocycles. The van der Waals surface area contributed by atoms with E-state index in [1.165, 1.54) is 60.0 Å². The van der Waals surface area contributed by atoms with Crippen LogP contribution in [0.25, 0.3) is 76.9 Å². The maximum absolute atomic E-state index is 6.31. The second-order valence-corrected chi connectivity index (χ2v) is 11.4. The number of ether oxygens (including phenoxy) is 1. The van der Waals surface area contributed by atoms with Crippen molar-refractivity contribution in [3.63, 3.8) is 0 Å². The molecule has 0 atom stereocenters. The molecule has 0 saturated heterocycles. The van der Waals surface area contributed by atoms with E-state index in [0.29, 0.717) is 0 Å². The van der Waals surface area contributed by atoms with Gasteiger partial charge in [0.15, 0.2) is 11.5 Å². The van der Waals surface area contributed by atoms with Gasteiger partial charge in [-0.1, -0.05) is 103 Å². The first kappa shape index (κ1) is 22.8. The molecule has 7 aromatic carbocycles. The van der Waals surface area contributed by atoms with E-state index < -0.39 is 0 Å². The zero-order valence-corrected chi connectivity index (χ0v) is 23.2. The van der Waals surface area contributed by atoms with Crippen LogP contribution in [0, 0.1) is 0 Å². The molecule has 1 aliphatic rings. The van der Waals surface area contributed by atoms with Crippen LogP contribution in [0.3, 0.4) is 0 Å². The largest absolute Gasteiger partial charge is 0.453 e. The highest BCUT2D eigenvalue weighted by Gasteiger charge is 2.23. The van der Waals surface area contributed by atoms with Crippen LogP contribution in [0.15, 0.2) is 146 Å². The number of nitrogens with zero attached hydrogens (tertiary/aromatic N) is 2. The molecule has 3 nitrogen and oxygen atoms in total. The lowest BCUT2D eigenvalue weighted by Crippen LogP contribution is -2.03. The molecule has 0 fully saturated rings. The predicted molar refractivity (Wildman–Crippen MR) is 178 cm³/mol. The van der Waals surface area contributed by atoms with Crippen molar-refractivity contribution in [2.24, 2.45) is 0 Å². The third-order valence-corrected chi connectivity index (χ3v) is 9.10. The Morgan fingerprint density at radius 3 is 2.00 bits per heavy atom. The van der Waals surface area contributed by atoms with Gasteiger partial charge in [0, 0.05) is 32.6 Å². The summed E-state index contributed by atoms with van der Waals surface area (Å²) in [4.78, 5) is 0. The van der Waals surface area contributed by atoms with E-state index in [0.717, 1.165) is 28.4 Å². The Hall–Kier alpha value is -5.80. The topological polar surface area (TPSA) is 19.1 Å². The van der Waals surface area contributed by atoms with Gasteiger partial charge in [-0.15, -0.1) is 0 Å². The van der Waals surface area contributed by atoms with Gasteiger partial charge in [0.1, 0.15) is 0 Å². The van der Waals surface area contributed by atoms with E-state index in [1.54, 1.807) is 0 Å². The predicted octanol–water partition coefficient (Wildman–Crippen LogP) is 10.8. The molecule has 3 heterocycles. The molecule has 200 valence electrons. The third-order valence-electron chi connectivity index (χ3n) is 9.10. The average Bonchev–Trinajstić information content (AvgIpc) is 3.59. The lowest BCUT2D eigenvalue weighted by Gasteiger charge is -2.20. The Bertz CT molecular complexity index is 2580. The first-order chi connectivity index (χ1) is 21.3. The minimum Gasteiger partial charge on any atom is -0.453 e. The Balaban J connectivity index is 1.17. The molecule has 0 spiro atoms. The van der Waals surface area contributed by atoms with Crippen molar-refractivity contribution in [1.82, 2.24) is 9.13 Å². The fourth-order valence-electron chi connectivity index (χ4n) is 7.20. The van der Waals surface area contributed by atoms with Gasteiger partial charge in [0.2, 0.25) is 0 Å². The van der Waals surface area contributed by atoms with Crippen molar-refractivity contribution in [2.75, 3.05) is 0 Å². The van der Waals surface area contributed by atoms with Crippen LogP contribution < -0.4 is 4.74 Å². The average molecular weight is 549 g/mol. The van der Waals surface area contributed by atoms with Crippen molar-refractivity contribution in [3.05, 3.63) is 146 Å². The SMILES string of the molecule is c1ccc2c(c1)Oc1cccc3c4ccc(-c5ccc(-n6c7ccccc7c7ccc8ccccc8c76)cc5)cc4n-2c13. The van der Waals surface area contributed by atoms with Crippen LogP contribution >= 0.6 is 0 Å². The van der Waals surface area contributed by atoms with Crippen LogP contribution in [0.2, 0.25) is 0 Å². The van der Waals surface area contributed by atoms with Crippen LogP contribution in [-0.4, -0.2) is 9.13 Å². The van der Waals surface area contributed by atoms with Gasteiger partial charge in [-0.3, -0.25) is 0 Å². The van der Waals surface area contributed by atoms with E-state index in [-0.39, 0.29) is 0 Å². The number of rotatable bonds is 2. The zero-order valence-electron chi connectivity index (χ0n) is 23.2. The first-order valence-electron chi connectivity index (χ1n) is 14.7. The van der Waals surface area contributed by atoms with E-state index >= 15 is 0 Å². The molecule has 9 aromatic rings. The highest BCUT2D eigenvalue weighted by molar-refractivity contribution is 6.18. The highest BCUT2D eigenvalue weighted by Crippen LogP contribution is 2.46. The fourth-order valence-corrected chi connectivity index (χ4v) is 7.20. The summed E-state index contributed by atoms with van der Waals surface area (Å²) in [5, 5.41) is 7.51. The Morgan fingerprint density at radius 2 is 1.07 bits per heavy atom. The summed E-state index contributed by atoms with van der Waals surface area (Å²) in [6.07, 6.45) is 0. The monoisotopic (exact) mass is 548 g/mol. The molecule has 0 radical (unpaired) electrons. The summed E-state index contributed by atoms with van der Waals surface area (Å²) >= 11 is 0. The van der Waals surface area contributed by atoms with Crippen LogP contribution in [0.1, 0.15) is 0 Å². The van der Waals surface area contributed by atoms with Gasteiger partial charge in [0.05, 0.1) is 27.8 Å². The second-order valence-electron chi connectivity index (χ2n) is 11.4. The second kappa shape index (κ2) is 8.37. The van der Waals surface area contributed by atoms with Gasteiger partial charge in [-0.25, -0.2) is 0 Å². The first-order valence-corrected chi connectivity index (χ1v) is 14.7. The van der Waals surface area contributed by atoms with Crippen LogP contribution in [0.5, 0.6) is 11.5 Å². The van der Waals surface area contributed by atoms with Gasteiger partial charge in [-0.05, 0) is 59.0 Å². The van der Waals surface area contributed by atoms with Crippen molar-refractivity contribution in [3.8, 4) is 34.0 Å². The Labute approximate surface area is 247 Å². The molecular formula is C40H24N2O. The lowest BCUT2D eigenvalue weighted by atomic mass is 10.0. The highest BCUT2D eigenvalue weighted by atomic mass is 16.5. The minimum atomic E-state index is 0.883. The van der Waals surface area contributed by atoms with Crippen LogP contribution in [-0.2, 0) is 0 Å². The molecule has 43 heavy (non-hydrogen) atoms. The van der Waals surface area contributed by atoms with Gasteiger partial charge in [0.25, 0.3) is 0 Å². The Morgan fingerprint density at radius 1 is 0.395 bits per heavy atom. The summed E-state index contributed by atoms with van der Waals surface area (Å²) < 4.78 is 11.1. The molecule has 3 heteroatoms. The van der Waals surface area contributed by atoms with Gasteiger partial charge in [-0.2, -0.15) is 0 Å². The van der Waals surface area contributed by atoms with Crippen molar-refractivity contribution in [2.45, 2.75) is 0 Å². The van der Waals surface area contributed by atoms with Crippen molar-refractivity contribution < 1.29 is 4.74 Å². The zero-order chi connectivity index (χ0) is 28.1. The van der Waals surface area contributed by atoms with Crippen molar-refractivity contribution >= 4 is 54.4 Å². The molecule has 0 saturated carbocycles. The fraction of sp³-hybridized carbons (Fsp3) is 0. The molecule has 0 unspecified atom stereocenters. The smallest absolute Gasteiger partial charge is 0.152 e. The number of aromatic nitrogens is 2. The molecule has 0 bridgehead atoms. The summed E-state index contributed by atoms with van der Waals surface area (Å²) in [5.41, 5.74) is 9.41. The van der Waals surface area contributed by atoms with Gasteiger partial charge >= 0.3 is 0 Å². The van der Waals surface area contributed by atoms with E-state index in [2.05, 4.69) is 143 Å². The lowest BCUT2D eigenvalue weighted by molar-refractivity contribution is 0.476. The van der Waals surface area contributed by atoms with Crippen molar-refractivity contribution in [1.29, 1.82) is 0 Å². The summed E-state index contributed by atoms with van der Waals surface area (Å²) in [5.74, 6) is 1.78. The summed E-state index contributed by atoms with van der Waals surface area (Å²) in [6.45, 7) is 0. The number of benzene rings is 7. The number of fused-ring (bicyclic) bond motifs is 10. The molecule has 10 rings (SSSR count). The standard InChI is InChI=1S/C40H24N2O/c1-2-9-29-26(8-1)18-23-33-30-10-3-4-12-34(30)41(39(29)33)28-20-16-25(17-21-28)27-19-22-31-32-11-7-15-38-40(32)42(36(31)24-27)35-13-5-6-14-37(35)43-38/h1-24H. The maximum atomic E-state index is 6.31. The quantitative estimate of drug-likeness (QED) is 0.210. The molecule has 0 amide bonds. The molecule has 0 N–H and O–H groups in total. The molecule has 1 aliphatic heterocycles. The molecular weight excluding hydrogens is 524 g/mol. The summed E-state index contributed by atoms with van der Waals surface area (Å²) in [6, 6.07) is 52.4. The summed E-state index contributed by atoms with van der Waals surface area (Å²) in [7, 11) is 0. The number of hydrogen-bond acceptors (Lipinski definition) is 1. The third kappa shape index (κ3) is 3.08. The normalized spacial score (nSPS) is 12.4. The van der Waals surface area contributed by atoms with E-state index in [4.69, 9.17) is 4.74 Å². The minimum absolute atomic E-state index is 0.883. The van der Waals surface area contributed by atoms with Gasteiger partial charge < -0.3 is 13.9 Å².